The van der Waals surface area contributed by atoms with E-state index in [4.69, 9.17) is 5.73 Å². The number of carbonyl (C=O) groups excluding carboxylic acids is 1. The Kier molecular flexibility index (Phi) is 8.24. The molecule has 0 aliphatic rings. The minimum absolute atomic E-state index is 0.105. The van der Waals surface area contributed by atoms with Crippen molar-refractivity contribution in [2.75, 3.05) is 18.6 Å². The van der Waals surface area contributed by atoms with Crippen molar-refractivity contribution in [3.05, 3.63) is 0 Å². The fourth-order valence-corrected chi connectivity index (χ4v) is 1.43. The second-order valence-electron chi connectivity index (χ2n) is 3.15. The number of nitrogens with one attached hydrogen (secondary N) is 1. The van der Waals surface area contributed by atoms with Gasteiger partial charge < -0.3 is 11.1 Å². The molecule has 0 aliphatic carbocycles. The highest BCUT2D eigenvalue weighted by Gasteiger charge is 2.04. The van der Waals surface area contributed by atoms with Crippen LogP contribution < -0.4 is 11.1 Å². The smallest absolute Gasteiger partial charge is 0.220 e. The molecule has 1 amide bonds. The van der Waals surface area contributed by atoms with Crippen molar-refractivity contribution in [2.24, 2.45) is 5.73 Å². The van der Waals surface area contributed by atoms with Crippen molar-refractivity contribution in [2.45, 2.75) is 32.2 Å². The van der Waals surface area contributed by atoms with E-state index in [1.54, 1.807) is 0 Å². The third kappa shape index (κ3) is 8.12. The highest BCUT2D eigenvalue weighted by atomic mass is 32.2. The van der Waals surface area contributed by atoms with E-state index in [0.717, 1.165) is 18.6 Å². The molecule has 0 aromatic carbocycles. The molecule has 1 atom stereocenters. The number of hydrogen-bond acceptors (Lipinski definition) is 3. The van der Waals surface area contributed by atoms with Crippen LogP contribution in [0.5, 0.6) is 0 Å². The standard InChI is InChI=1S/C9H20N2OS/c1-8(7-10)11-9(12)5-3-4-6-13-2/h8H,3-7,10H2,1-2H3,(H,11,12)/t8-/m0/s1. The van der Waals surface area contributed by atoms with Gasteiger partial charge in [-0.25, -0.2) is 0 Å². The molecule has 0 radical (unpaired) electrons. The summed E-state index contributed by atoms with van der Waals surface area (Å²) in [6.45, 7) is 2.43. The van der Waals surface area contributed by atoms with Gasteiger partial charge in [0.2, 0.25) is 5.91 Å². The molecule has 0 heterocycles. The largest absolute Gasteiger partial charge is 0.352 e. The Morgan fingerprint density at radius 1 is 1.54 bits per heavy atom. The van der Waals surface area contributed by atoms with Gasteiger partial charge in [0.05, 0.1) is 0 Å². The van der Waals surface area contributed by atoms with Crippen LogP contribution in [-0.2, 0) is 4.79 Å². The van der Waals surface area contributed by atoms with Crippen molar-refractivity contribution < 1.29 is 4.79 Å². The number of nitrogens with two attached hydrogens (primary N) is 1. The molecule has 0 aromatic heterocycles. The number of thioether (sulfide) groups is 1. The highest BCUT2D eigenvalue weighted by Crippen LogP contribution is 2.02. The van der Waals surface area contributed by atoms with Crippen molar-refractivity contribution in [3.63, 3.8) is 0 Å². The Balaban J connectivity index is 3.30. The van der Waals surface area contributed by atoms with E-state index in [1.165, 1.54) is 0 Å². The average molecular weight is 204 g/mol. The van der Waals surface area contributed by atoms with E-state index < -0.39 is 0 Å². The summed E-state index contributed by atoms with van der Waals surface area (Å²) >= 11 is 1.82. The number of rotatable bonds is 7. The van der Waals surface area contributed by atoms with Gasteiger partial charge in [-0.1, -0.05) is 0 Å². The van der Waals surface area contributed by atoms with Crippen LogP contribution in [0.1, 0.15) is 26.2 Å². The van der Waals surface area contributed by atoms with Crippen LogP contribution in [0.4, 0.5) is 0 Å². The molecule has 3 N–H and O–H groups in total. The van der Waals surface area contributed by atoms with E-state index >= 15 is 0 Å². The van der Waals surface area contributed by atoms with Crippen LogP contribution in [0.2, 0.25) is 0 Å². The number of amides is 1. The maximum Gasteiger partial charge on any atom is 0.220 e. The van der Waals surface area contributed by atoms with Gasteiger partial charge in [-0.3, -0.25) is 4.79 Å². The average Bonchev–Trinajstić information content (AvgIpc) is 2.12. The topological polar surface area (TPSA) is 55.1 Å². The summed E-state index contributed by atoms with van der Waals surface area (Å²) in [6.07, 6.45) is 4.80. The fourth-order valence-electron chi connectivity index (χ4n) is 0.938. The summed E-state index contributed by atoms with van der Waals surface area (Å²) in [4.78, 5) is 11.2. The lowest BCUT2D eigenvalue weighted by Crippen LogP contribution is -2.37. The Morgan fingerprint density at radius 3 is 2.77 bits per heavy atom. The van der Waals surface area contributed by atoms with Crippen LogP contribution in [0.25, 0.3) is 0 Å². The Morgan fingerprint density at radius 2 is 2.23 bits per heavy atom. The van der Waals surface area contributed by atoms with Gasteiger partial charge >= 0.3 is 0 Å². The third-order valence-corrected chi connectivity index (χ3v) is 2.46. The third-order valence-electron chi connectivity index (χ3n) is 1.76. The van der Waals surface area contributed by atoms with E-state index in [1.807, 2.05) is 18.7 Å². The van der Waals surface area contributed by atoms with Gasteiger partial charge in [0, 0.05) is 19.0 Å². The molecule has 78 valence electrons. The van der Waals surface area contributed by atoms with Crippen molar-refractivity contribution >= 4 is 17.7 Å². The lowest BCUT2D eigenvalue weighted by Gasteiger charge is -2.10. The summed E-state index contributed by atoms with van der Waals surface area (Å²) in [5, 5.41) is 2.84. The molecule has 0 rings (SSSR count). The molecule has 0 aliphatic heterocycles. The highest BCUT2D eigenvalue weighted by molar-refractivity contribution is 7.98. The van der Waals surface area contributed by atoms with E-state index in [-0.39, 0.29) is 11.9 Å². The Labute approximate surface area is 84.8 Å². The summed E-state index contributed by atoms with van der Waals surface area (Å²) in [5.74, 6) is 1.26. The lowest BCUT2D eigenvalue weighted by molar-refractivity contribution is -0.121. The van der Waals surface area contributed by atoms with Crippen molar-refractivity contribution in [1.82, 2.24) is 5.32 Å². The summed E-state index contributed by atoms with van der Waals surface area (Å²) in [6, 6.07) is 0.105. The SMILES string of the molecule is CSCCCCC(=O)N[C@@H](C)CN. The molecule has 4 heteroatoms. The van der Waals surface area contributed by atoms with E-state index in [9.17, 15) is 4.79 Å². The molecule has 0 spiro atoms. The lowest BCUT2D eigenvalue weighted by atomic mass is 10.2. The van der Waals surface area contributed by atoms with Gasteiger partial charge in [0.1, 0.15) is 0 Å². The summed E-state index contributed by atoms with van der Waals surface area (Å²) < 4.78 is 0. The molecule has 3 nitrogen and oxygen atoms in total. The molecular formula is C9H20N2OS. The summed E-state index contributed by atoms with van der Waals surface area (Å²) in [5.41, 5.74) is 5.38. The predicted molar refractivity (Wildman–Crippen MR) is 58.9 cm³/mol. The number of carbonyl (C=O) groups is 1. The van der Waals surface area contributed by atoms with Crippen LogP contribution in [-0.4, -0.2) is 30.5 Å². The van der Waals surface area contributed by atoms with Gasteiger partial charge in [-0.15, -0.1) is 0 Å². The van der Waals surface area contributed by atoms with Crippen LogP contribution >= 0.6 is 11.8 Å². The second kappa shape index (κ2) is 8.38. The van der Waals surface area contributed by atoms with Crippen LogP contribution in [0.15, 0.2) is 0 Å². The monoisotopic (exact) mass is 204 g/mol. The van der Waals surface area contributed by atoms with Gasteiger partial charge in [0.25, 0.3) is 0 Å². The fraction of sp³-hybridized carbons (Fsp3) is 0.889. The van der Waals surface area contributed by atoms with Gasteiger partial charge in [-0.05, 0) is 31.8 Å². The Bertz CT molecular complexity index is 142. The molecule has 0 saturated carbocycles. The molecule has 13 heavy (non-hydrogen) atoms. The van der Waals surface area contributed by atoms with Crippen molar-refractivity contribution in [3.8, 4) is 0 Å². The maximum absolute atomic E-state index is 11.2. The molecule has 0 saturated heterocycles. The van der Waals surface area contributed by atoms with Gasteiger partial charge in [-0.2, -0.15) is 11.8 Å². The first-order valence-corrected chi connectivity index (χ1v) is 6.08. The van der Waals surface area contributed by atoms with Gasteiger partial charge in [0.15, 0.2) is 0 Å². The number of unbranched alkanes of at least 4 members (excludes halogenated alkanes) is 1. The van der Waals surface area contributed by atoms with E-state index in [0.29, 0.717) is 13.0 Å². The molecule has 0 unspecified atom stereocenters. The molecule has 0 fully saturated rings. The minimum Gasteiger partial charge on any atom is -0.352 e. The predicted octanol–water partition coefficient (Wildman–Crippen LogP) is 0.983. The molecular weight excluding hydrogens is 184 g/mol. The van der Waals surface area contributed by atoms with E-state index in [2.05, 4.69) is 11.6 Å². The minimum atomic E-state index is 0.105. The van der Waals surface area contributed by atoms with Crippen LogP contribution in [0.3, 0.4) is 0 Å². The zero-order valence-corrected chi connectivity index (χ0v) is 9.32. The Hall–Kier alpha value is -0.220. The van der Waals surface area contributed by atoms with Crippen molar-refractivity contribution in [1.29, 1.82) is 0 Å². The maximum atomic E-state index is 11.2. The zero-order valence-electron chi connectivity index (χ0n) is 8.51. The second-order valence-corrected chi connectivity index (χ2v) is 4.14. The first-order valence-electron chi connectivity index (χ1n) is 4.69. The normalized spacial score (nSPS) is 12.5. The molecule has 0 bridgehead atoms. The zero-order chi connectivity index (χ0) is 10.1. The number of hydrogen-bond donors (Lipinski definition) is 2. The summed E-state index contributed by atoms with van der Waals surface area (Å²) in [7, 11) is 0. The quantitative estimate of drug-likeness (QED) is 0.608. The van der Waals surface area contributed by atoms with Crippen LogP contribution in [0, 0.1) is 0 Å². The molecule has 0 aromatic rings. The first-order chi connectivity index (χ1) is 6.20. The first kappa shape index (κ1) is 12.8.